The van der Waals surface area contributed by atoms with Crippen molar-refractivity contribution in [2.24, 2.45) is 17.1 Å². The van der Waals surface area contributed by atoms with Gasteiger partial charge in [-0.05, 0) is 0 Å². The molecule has 0 spiro atoms. The molecule has 1 aliphatic carbocycles. The molecule has 0 heterocycles. The molecule has 0 aromatic carbocycles. The zero-order valence-electron chi connectivity index (χ0n) is 11.6. The summed E-state index contributed by atoms with van der Waals surface area (Å²) in [6, 6.07) is 0. The van der Waals surface area contributed by atoms with E-state index in [-0.39, 0.29) is 0 Å². The third-order valence-corrected chi connectivity index (χ3v) is 10.9. The Balaban J connectivity index is 2.65. The van der Waals surface area contributed by atoms with Gasteiger partial charge in [-0.1, -0.05) is 0 Å². The first-order valence-electron chi connectivity index (χ1n) is 7.38. The first-order valence-corrected chi connectivity index (χ1v) is 13.2. The van der Waals surface area contributed by atoms with Crippen molar-refractivity contribution in [1.29, 1.82) is 0 Å². The second-order valence-electron chi connectivity index (χ2n) is 5.95. The number of hydrogen-bond acceptors (Lipinski definition) is 1. The molecule has 0 saturated heterocycles. The molecular formula is C14H30GaN. The standard InChI is InChI=1S/C11H21.C2H6N.CH3.Ga/c1-4-10-8-6-7-9-11(10,3)5-2;1-2-3;;/h10H,3-9H2,1-2H3;1-3H2;1H3;. The SMILES string of the molecule is CCC1CCCCC1(CC)[CH2][Ga]([CH3])[CH2]CN. The molecule has 2 atom stereocenters. The predicted molar refractivity (Wildman–Crippen MR) is 75.3 cm³/mol. The van der Waals surface area contributed by atoms with Crippen LogP contribution in [0.1, 0.15) is 52.4 Å². The van der Waals surface area contributed by atoms with Crippen LogP contribution in [0.4, 0.5) is 0 Å². The van der Waals surface area contributed by atoms with Gasteiger partial charge in [0.2, 0.25) is 0 Å². The summed E-state index contributed by atoms with van der Waals surface area (Å²) < 4.78 is 0. The quantitative estimate of drug-likeness (QED) is 0.730. The summed E-state index contributed by atoms with van der Waals surface area (Å²) in [5, 5.41) is 0. The van der Waals surface area contributed by atoms with Gasteiger partial charge in [-0.2, -0.15) is 0 Å². The van der Waals surface area contributed by atoms with Gasteiger partial charge in [-0.15, -0.1) is 0 Å². The number of nitrogens with two attached hydrogens (primary N) is 1. The molecule has 0 aromatic rings. The van der Waals surface area contributed by atoms with E-state index in [0.717, 1.165) is 17.9 Å². The molecule has 1 saturated carbocycles. The molecule has 1 nitrogen and oxygen atoms in total. The van der Waals surface area contributed by atoms with E-state index >= 15 is 0 Å². The third-order valence-electron chi connectivity index (χ3n) is 4.95. The van der Waals surface area contributed by atoms with E-state index in [4.69, 9.17) is 5.73 Å². The van der Waals surface area contributed by atoms with Crippen LogP contribution in [-0.4, -0.2) is 22.8 Å². The fourth-order valence-electron chi connectivity index (χ4n) is 3.97. The van der Waals surface area contributed by atoms with E-state index in [9.17, 15) is 0 Å². The second kappa shape index (κ2) is 7.12. The normalized spacial score (nSPS) is 30.4. The molecule has 2 N–H and O–H groups in total. The summed E-state index contributed by atoms with van der Waals surface area (Å²) in [7, 11) is 0. The van der Waals surface area contributed by atoms with Crippen molar-refractivity contribution in [3.8, 4) is 0 Å². The molecule has 1 fully saturated rings. The summed E-state index contributed by atoms with van der Waals surface area (Å²) in [5.41, 5.74) is 9.05. The van der Waals surface area contributed by atoms with Gasteiger partial charge < -0.3 is 0 Å². The van der Waals surface area contributed by atoms with Crippen LogP contribution in [0.15, 0.2) is 0 Å². The average Bonchev–Trinajstić information content (AvgIpc) is 2.29. The first-order chi connectivity index (χ1) is 7.68. The van der Waals surface area contributed by atoms with Crippen molar-refractivity contribution in [1.82, 2.24) is 0 Å². The van der Waals surface area contributed by atoms with Gasteiger partial charge in [0.1, 0.15) is 0 Å². The Morgan fingerprint density at radius 3 is 2.62 bits per heavy atom. The van der Waals surface area contributed by atoms with E-state index in [0.29, 0.717) is 0 Å². The molecule has 1 aliphatic rings. The van der Waals surface area contributed by atoms with Gasteiger partial charge in [-0.3, -0.25) is 0 Å². The fourth-order valence-corrected chi connectivity index (χ4v) is 10.2. The Kier molecular flexibility index (Phi) is 6.53. The van der Waals surface area contributed by atoms with E-state index in [1.807, 2.05) is 0 Å². The Morgan fingerprint density at radius 2 is 2.06 bits per heavy atom. The van der Waals surface area contributed by atoms with Gasteiger partial charge in [0.25, 0.3) is 0 Å². The first kappa shape index (κ1) is 14.7. The Morgan fingerprint density at radius 1 is 1.31 bits per heavy atom. The molecule has 2 heteroatoms. The molecular weight excluding hydrogens is 252 g/mol. The van der Waals surface area contributed by atoms with Crippen molar-refractivity contribution < 1.29 is 0 Å². The van der Waals surface area contributed by atoms with Crippen LogP contribution < -0.4 is 5.73 Å². The maximum atomic E-state index is 5.73. The van der Waals surface area contributed by atoms with Crippen molar-refractivity contribution >= 4 is 16.2 Å². The second-order valence-corrected chi connectivity index (χ2v) is 12.7. The van der Waals surface area contributed by atoms with Crippen LogP contribution in [0.2, 0.25) is 15.4 Å². The zero-order valence-corrected chi connectivity index (χ0v) is 14.0. The Bertz CT molecular complexity index is 195. The monoisotopic (exact) mass is 281 g/mol. The molecule has 1 rings (SSSR count). The third kappa shape index (κ3) is 3.54. The van der Waals surface area contributed by atoms with E-state index in [1.165, 1.54) is 43.5 Å². The minimum atomic E-state index is -1.01. The van der Waals surface area contributed by atoms with Gasteiger partial charge >= 0.3 is 108 Å². The maximum absolute atomic E-state index is 5.73. The zero-order chi connectivity index (χ0) is 12.0. The summed E-state index contributed by atoms with van der Waals surface area (Å²) in [6.07, 6.45) is 8.82. The Labute approximate surface area is 108 Å². The molecule has 0 bridgehead atoms. The van der Waals surface area contributed by atoms with E-state index in [1.54, 1.807) is 4.98 Å². The van der Waals surface area contributed by atoms with Crippen LogP contribution in [0.25, 0.3) is 0 Å². The minimum absolute atomic E-state index is 0.738. The molecule has 0 amide bonds. The predicted octanol–water partition coefficient (Wildman–Crippen LogP) is 4.07. The van der Waals surface area contributed by atoms with Gasteiger partial charge in [-0.25, -0.2) is 0 Å². The molecule has 94 valence electrons. The van der Waals surface area contributed by atoms with Crippen molar-refractivity contribution in [2.75, 3.05) is 6.54 Å². The topological polar surface area (TPSA) is 26.0 Å². The van der Waals surface area contributed by atoms with Gasteiger partial charge in [0, 0.05) is 0 Å². The molecule has 0 aliphatic heterocycles. The summed E-state index contributed by atoms with van der Waals surface area (Å²) in [5.74, 6) is 1.03. The Hall–Kier alpha value is 0.596. The van der Waals surface area contributed by atoms with Crippen molar-refractivity contribution in [3.63, 3.8) is 0 Å². The van der Waals surface area contributed by atoms with Crippen LogP contribution in [-0.2, 0) is 0 Å². The summed E-state index contributed by atoms with van der Waals surface area (Å²) in [6.45, 7) is 5.78. The van der Waals surface area contributed by atoms with Crippen molar-refractivity contribution in [2.45, 2.75) is 67.8 Å². The van der Waals surface area contributed by atoms with Gasteiger partial charge in [0.15, 0.2) is 0 Å². The van der Waals surface area contributed by atoms with E-state index < -0.39 is 16.2 Å². The molecule has 0 radical (unpaired) electrons. The molecule has 2 unspecified atom stereocenters. The number of rotatable bonds is 6. The van der Waals surface area contributed by atoms with Crippen LogP contribution in [0, 0.1) is 11.3 Å². The van der Waals surface area contributed by atoms with E-state index in [2.05, 4.69) is 19.3 Å². The number of hydrogen-bond donors (Lipinski definition) is 1. The average molecular weight is 282 g/mol. The summed E-state index contributed by atoms with van der Waals surface area (Å²) >= 11 is -1.01. The fraction of sp³-hybridized carbons (Fsp3) is 1.00. The van der Waals surface area contributed by atoms with Crippen LogP contribution in [0.3, 0.4) is 0 Å². The van der Waals surface area contributed by atoms with Gasteiger partial charge in [0.05, 0.1) is 0 Å². The summed E-state index contributed by atoms with van der Waals surface area (Å²) in [4.78, 5) is 3.00. The van der Waals surface area contributed by atoms with Crippen LogP contribution in [0.5, 0.6) is 0 Å². The van der Waals surface area contributed by atoms with Crippen molar-refractivity contribution in [3.05, 3.63) is 0 Å². The molecule has 0 aromatic heterocycles. The molecule has 16 heavy (non-hydrogen) atoms. The van der Waals surface area contributed by atoms with Crippen LogP contribution >= 0.6 is 0 Å².